The monoisotopic (exact) mass is 369 g/mol. The predicted molar refractivity (Wildman–Crippen MR) is 104 cm³/mol. The van der Waals surface area contributed by atoms with Gasteiger partial charge in [0.1, 0.15) is 12.1 Å². The van der Waals surface area contributed by atoms with E-state index in [2.05, 4.69) is 27.9 Å². The van der Waals surface area contributed by atoms with Crippen molar-refractivity contribution in [1.82, 2.24) is 9.97 Å². The Morgan fingerprint density at radius 1 is 1.15 bits per heavy atom. The van der Waals surface area contributed by atoms with Crippen LogP contribution in [0.5, 0.6) is 11.5 Å². The van der Waals surface area contributed by atoms with E-state index < -0.39 is 0 Å². The lowest BCUT2D eigenvalue weighted by atomic mass is 10.1. The molecule has 5 nitrogen and oxygen atoms in total. The molecule has 134 valence electrons. The van der Waals surface area contributed by atoms with Gasteiger partial charge in [0.25, 0.3) is 0 Å². The molecule has 0 unspecified atom stereocenters. The highest BCUT2D eigenvalue weighted by Crippen LogP contribution is 2.40. The van der Waals surface area contributed by atoms with Crippen LogP contribution < -0.4 is 14.4 Å². The van der Waals surface area contributed by atoms with E-state index in [0.717, 1.165) is 46.8 Å². The molecule has 26 heavy (non-hydrogen) atoms. The average molecular weight is 370 g/mol. The minimum atomic E-state index is 0.637. The second-order valence-corrected chi connectivity index (χ2v) is 6.68. The molecule has 2 aromatic carbocycles. The molecule has 3 aromatic rings. The number of fused-ring (bicyclic) bond motifs is 2. The first-order chi connectivity index (χ1) is 12.7. The van der Waals surface area contributed by atoms with Crippen molar-refractivity contribution in [2.75, 3.05) is 25.2 Å². The maximum absolute atomic E-state index is 6.22. The number of rotatable bonds is 5. The molecule has 0 spiro atoms. The third-order valence-corrected chi connectivity index (χ3v) is 4.80. The van der Waals surface area contributed by atoms with Crippen LogP contribution in [0.3, 0.4) is 0 Å². The zero-order chi connectivity index (χ0) is 18.1. The summed E-state index contributed by atoms with van der Waals surface area (Å²) in [7, 11) is 1.65. The molecule has 0 bridgehead atoms. The minimum absolute atomic E-state index is 0.637. The molecule has 1 aromatic heterocycles. The fraction of sp³-hybridized carbons (Fsp3) is 0.300. The van der Waals surface area contributed by atoms with Crippen molar-refractivity contribution >= 4 is 34.0 Å². The van der Waals surface area contributed by atoms with E-state index >= 15 is 0 Å². The number of ether oxygens (including phenoxy) is 2. The molecule has 0 fully saturated rings. The number of benzene rings is 2. The Balaban J connectivity index is 1.83. The smallest absolute Gasteiger partial charge is 0.163 e. The zero-order valence-corrected chi connectivity index (χ0v) is 15.6. The van der Waals surface area contributed by atoms with Crippen LogP contribution in [0.15, 0.2) is 36.7 Å². The van der Waals surface area contributed by atoms with Gasteiger partial charge in [-0.3, -0.25) is 0 Å². The summed E-state index contributed by atoms with van der Waals surface area (Å²) in [6, 6.07) is 9.89. The van der Waals surface area contributed by atoms with Crippen LogP contribution in [0, 0.1) is 0 Å². The molecule has 1 aliphatic heterocycles. The van der Waals surface area contributed by atoms with Gasteiger partial charge >= 0.3 is 0 Å². The molecule has 1 aliphatic rings. The predicted octanol–water partition coefficient (Wildman–Crippen LogP) is 4.77. The first kappa shape index (κ1) is 16.9. The maximum atomic E-state index is 6.22. The normalized spacial score (nSPS) is 13.1. The summed E-state index contributed by atoms with van der Waals surface area (Å²) in [6.07, 6.45) is 3.49. The summed E-state index contributed by atoms with van der Waals surface area (Å²) in [4.78, 5) is 11.2. The van der Waals surface area contributed by atoms with Crippen LogP contribution in [-0.4, -0.2) is 30.2 Å². The molecular formula is C20H20ClN3O2. The second kappa shape index (κ2) is 7.00. The number of aromatic nitrogens is 2. The van der Waals surface area contributed by atoms with E-state index in [4.69, 9.17) is 21.1 Å². The lowest BCUT2D eigenvalue weighted by molar-refractivity contribution is 0.295. The van der Waals surface area contributed by atoms with Crippen molar-refractivity contribution in [2.24, 2.45) is 0 Å². The van der Waals surface area contributed by atoms with Crippen molar-refractivity contribution in [3.05, 3.63) is 47.2 Å². The highest BCUT2D eigenvalue weighted by atomic mass is 35.5. The van der Waals surface area contributed by atoms with Gasteiger partial charge in [0.05, 0.1) is 19.2 Å². The summed E-state index contributed by atoms with van der Waals surface area (Å²) in [5.41, 5.74) is 3.20. The fourth-order valence-corrected chi connectivity index (χ4v) is 3.49. The standard InChI is InChI=1S/C20H20ClN3O2/c1-3-8-26-19-11-16-15(10-18(19)25-2)20(23-12-22-16)24-7-6-13-4-5-14(21)9-17(13)24/h4-5,9-12H,3,6-8H2,1-2H3. The number of anilines is 2. The highest BCUT2D eigenvalue weighted by Gasteiger charge is 2.24. The molecule has 0 atom stereocenters. The Bertz CT molecular complexity index is 961. The number of nitrogens with zero attached hydrogens (tertiary/aromatic N) is 3. The lowest BCUT2D eigenvalue weighted by Crippen LogP contribution is -2.15. The molecule has 6 heteroatoms. The van der Waals surface area contributed by atoms with Crippen LogP contribution in [0.1, 0.15) is 18.9 Å². The van der Waals surface area contributed by atoms with E-state index in [1.807, 2.05) is 24.3 Å². The number of halogens is 1. The van der Waals surface area contributed by atoms with Crippen LogP contribution in [0.4, 0.5) is 11.5 Å². The Morgan fingerprint density at radius 3 is 2.85 bits per heavy atom. The number of methoxy groups -OCH3 is 1. The Morgan fingerprint density at radius 2 is 2.04 bits per heavy atom. The third-order valence-electron chi connectivity index (χ3n) is 4.56. The summed E-state index contributed by atoms with van der Waals surface area (Å²) in [5, 5.41) is 1.66. The average Bonchev–Trinajstić information content (AvgIpc) is 3.07. The second-order valence-electron chi connectivity index (χ2n) is 6.24. The van der Waals surface area contributed by atoms with Crippen molar-refractivity contribution in [3.8, 4) is 11.5 Å². The Kier molecular flexibility index (Phi) is 4.55. The fourth-order valence-electron chi connectivity index (χ4n) is 3.32. The van der Waals surface area contributed by atoms with E-state index in [-0.39, 0.29) is 0 Å². The molecule has 0 amide bonds. The van der Waals surface area contributed by atoms with Gasteiger partial charge in [0.2, 0.25) is 0 Å². The van der Waals surface area contributed by atoms with Crippen LogP contribution >= 0.6 is 11.6 Å². The van der Waals surface area contributed by atoms with Gasteiger partial charge in [0, 0.05) is 28.7 Å². The van der Waals surface area contributed by atoms with Gasteiger partial charge in [-0.15, -0.1) is 0 Å². The molecule has 0 N–H and O–H groups in total. The van der Waals surface area contributed by atoms with Crippen molar-refractivity contribution in [1.29, 1.82) is 0 Å². The SMILES string of the molecule is CCCOc1cc2ncnc(N3CCc4ccc(Cl)cc43)c2cc1OC. The molecule has 0 saturated carbocycles. The molecule has 4 rings (SSSR count). The number of hydrogen-bond donors (Lipinski definition) is 0. The van der Waals surface area contributed by atoms with Crippen LogP contribution in [0.2, 0.25) is 5.02 Å². The molecule has 0 radical (unpaired) electrons. The number of hydrogen-bond acceptors (Lipinski definition) is 5. The summed E-state index contributed by atoms with van der Waals surface area (Å²) in [5.74, 6) is 2.25. The Hall–Kier alpha value is -2.53. The van der Waals surface area contributed by atoms with E-state index in [9.17, 15) is 0 Å². The molecule has 2 heterocycles. The first-order valence-electron chi connectivity index (χ1n) is 8.72. The van der Waals surface area contributed by atoms with Gasteiger partial charge in [-0.1, -0.05) is 24.6 Å². The third kappa shape index (κ3) is 2.92. The topological polar surface area (TPSA) is 47.5 Å². The lowest BCUT2D eigenvalue weighted by Gasteiger charge is -2.21. The zero-order valence-electron chi connectivity index (χ0n) is 14.8. The summed E-state index contributed by atoms with van der Waals surface area (Å²) < 4.78 is 11.3. The van der Waals surface area contributed by atoms with Crippen molar-refractivity contribution in [3.63, 3.8) is 0 Å². The van der Waals surface area contributed by atoms with Crippen LogP contribution in [-0.2, 0) is 6.42 Å². The van der Waals surface area contributed by atoms with Crippen LogP contribution in [0.25, 0.3) is 10.9 Å². The highest BCUT2D eigenvalue weighted by molar-refractivity contribution is 6.31. The maximum Gasteiger partial charge on any atom is 0.163 e. The quantitative estimate of drug-likeness (QED) is 0.648. The largest absolute Gasteiger partial charge is 0.493 e. The molecule has 0 aliphatic carbocycles. The first-order valence-corrected chi connectivity index (χ1v) is 9.10. The summed E-state index contributed by atoms with van der Waals surface area (Å²) >= 11 is 6.22. The van der Waals surface area contributed by atoms with E-state index in [0.29, 0.717) is 18.1 Å². The van der Waals surface area contributed by atoms with E-state index in [1.54, 1.807) is 13.4 Å². The molecular weight excluding hydrogens is 350 g/mol. The van der Waals surface area contributed by atoms with E-state index in [1.165, 1.54) is 5.56 Å². The molecule has 0 saturated heterocycles. The van der Waals surface area contributed by atoms with Gasteiger partial charge in [-0.05, 0) is 36.6 Å². The Labute approximate surface area is 157 Å². The minimum Gasteiger partial charge on any atom is -0.493 e. The van der Waals surface area contributed by atoms with Crippen molar-refractivity contribution in [2.45, 2.75) is 19.8 Å². The summed E-state index contributed by atoms with van der Waals surface area (Å²) in [6.45, 7) is 3.57. The van der Waals surface area contributed by atoms with Gasteiger partial charge in [-0.2, -0.15) is 0 Å². The van der Waals surface area contributed by atoms with Gasteiger partial charge < -0.3 is 14.4 Å². The van der Waals surface area contributed by atoms with Gasteiger partial charge in [-0.25, -0.2) is 9.97 Å². The van der Waals surface area contributed by atoms with Crippen molar-refractivity contribution < 1.29 is 9.47 Å². The van der Waals surface area contributed by atoms with Gasteiger partial charge in [0.15, 0.2) is 11.5 Å².